The SMILES string of the molecule is O=C(O)C1CCCc2nc(C3CCCO3)cn21. The quantitative estimate of drug-likeness (QED) is 0.848. The molecule has 0 amide bonds. The van der Waals surface area contributed by atoms with Gasteiger partial charge in [0.2, 0.25) is 0 Å². The van der Waals surface area contributed by atoms with Crippen molar-refractivity contribution in [3.63, 3.8) is 0 Å². The first-order valence-corrected chi connectivity index (χ1v) is 6.18. The van der Waals surface area contributed by atoms with Crippen LogP contribution >= 0.6 is 0 Å². The third-order valence-electron chi connectivity index (χ3n) is 3.59. The maximum atomic E-state index is 11.2. The van der Waals surface area contributed by atoms with Gasteiger partial charge in [0.05, 0.1) is 5.69 Å². The lowest BCUT2D eigenvalue weighted by atomic mass is 10.1. The van der Waals surface area contributed by atoms with E-state index in [1.807, 2.05) is 10.8 Å². The molecule has 17 heavy (non-hydrogen) atoms. The van der Waals surface area contributed by atoms with E-state index in [9.17, 15) is 9.90 Å². The lowest BCUT2D eigenvalue weighted by Gasteiger charge is -2.20. The molecule has 0 aliphatic carbocycles. The summed E-state index contributed by atoms with van der Waals surface area (Å²) < 4.78 is 7.41. The summed E-state index contributed by atoms with van der Waals surface area (Å²) >= 11 is 0. The summed E-state index contributed by atoms with van der Waals surface area (Å²) in [4.78, 5) is 15.7. The predicted octanol–water partition coefficient (Wildman–Crippen LogP) is 1.70. The van der Waals surface area contributed by atoms with E-state index >= 15 is 0 Å². The molecule has 1 aromatic rings. The maximum Gasteiger partial charge on any atom is 0.326 e. The molecule has 2 aliphatic rings. The molecule has 0 aromatic carbocycles. The van der Waals surface area contributed by atoms with Gasteiger partial charge in [0.1, 0.15) is 18.0 Å². The van der Waals surface area contributed by atoms with Crippen molar-refractivity contribution >= 4 is 5.97 Å². The Labute approximate surface area is 99.4 Å². The third-order valence-corrected chi connectivity index (χ3v) is 3.59. The zero-order valence-electron chi connectivity index (χ0n) is 9.63. The van der Waals surface area contributed by atoms with E-state index in [0.717, 1.165) is 43.8 Å². The highest BCUT2D eigenvalue weighted by atomic mass is 16.5. The third kappa shape index (κ3) is 1.84. The molecule has 0 spiro atoms. The Balaban J connectivity index is 1.92. The van der Waals surface area contributed by atoms with Gasteiger partial charge in [-0.3, -0.25) is 0 Å². The van der Waals surface area contributed by atoms with Crippen LogP contribution in [0.5, 0.6) is 0 Å². The van der Waals surface area contributed by atoms with Gasteiger partial charge in [-0.25, -0.2) is 9.78 Å². The van der Waals surface area contributed by atoms with Crippen molar-refractivity contribution in [1.29, 1.82) is 0 Å². The Morgan fingerprint density at radius 3 is 3.06 bits per heavy atom. The van der Waals surface area contributed by atoms with Gasteiger partial charge < -0.3 is 14.4 Å². The minimum absolute atomic E-state index is 0.0718. The first-order chi connectivity index (χ1) is 8.25. The fourth-order valence-corrected chi connectivity index (χ4v) is 2.71. The van der Waals surface area contributed by atoms with Crippen LogP contribution in [0.4, 0.5) is 0 Å². The van der Waals surface area contributed by atoms with Gasteiger partial charge in [-0.05, 0) is 25.7 Å². The van der Waals surface area contributed by atoms with Crippen molar-refractivity contribution in [3.8, 4) is 0 Å². The minimum atomic E-state index is -0.762. The number of carboxylic acids is 1. The molecule has 1 aromatic heterocycles. The number of carboxylic acid groups (broad SMARTS) is 1. The fraction of sp³-hybridized carbons (Fsp3) is 0.667. The first kappa shape index (κ1) is 10.8. The van der Waals surface area contributed by atoms with Crippen molar-refractivity contribution in [3.05, 3.63) is 17.7 Å². The number of fused-ring (bicyclic) bond motifs is 1. The summed E-state index contributed by atoms with van der Waals surface area (Å²) in [7, 11) is 0. The molecule has 2 atom stereocenters. The molecular formula is C12H16N2O3. The molecule has 1 N–H and O–H groups in total. The first-order valence-electron chi connectivity index (χ1n) is 6.18. The number of aryl methyl sites for hydroxylation is 1. The Hall–Kier alpha value is -1.36. The fourth-order valence-electron chi connectivity index (χ4n) is 2.71. The van der Waals surface area contributed by atoms with Crippen LogP contribution in [0.15, 0.2) is 6.20 Å². The smallest absolute Gasteiger partial charge is 0.326 e. The van der Waals surface area contributed by atoms with Crippen molar-refractivity contribution in [2.45, 2.75) is 44.2 Å². The number of nitrogens with zero attached hydrogens (tertiary/aromatic N) is 2. The lowest BCUT2D eigenvalue weighted by molar-refractivity contribution is -0.141. The van der Waals surface area contributed by atoms with Crippen LogP contribution < -0.4 is 0 Å². The van der Waals surface area contributed by atoms with E-state index in [1.54, 1.807) is 0 Å². The van der Waals surface area contributed by atoms with Gasteiger partial charge in [0.15, 0.2) is 0 Å². The van der Waals surface area contributed by atoms with E-state index in [4.69, 9.17) is 4.74 Å². The van der Waals surface area contributed by atoms with Crippen LogP contribution in [0.25, 0.3) is 0 Å². The van der Waals surface area contributed by atoms with Crippen molar-refractivity contribution in [1.82, 2.24) is 9.55 Å². The average molecular weight is 236 g/mol. The number of carbonyl (C=O) groups is 1. The normalized spacial score (nSPS) is 28.0. The van der Waals surface area contributed by atoms with Crippen LogP contribution in [0, 0.1) is 0 Å². The van der Waals surface area contributed by atoms with E-state index < -0.39 is 12.0 Å². The summed E-state index contributed by atoms with van der Waals surface area (Å²) in [6, 6.07) is -0.443. The van der Waals surface area contributed by atoms with Crippen LogP contribution in [0.1, 0.15) is 49.3 Å². The zero-order chi connectivity index (χ0) is 11.8. The Kier molecular flexibility index (Phi) is 2.63. The second kappa shape index (κ2) is 4.14. The van der Waals surface area contributed by atoms with Crippen LogP contribution in [0.3, 0.4) is 0 Å². The summed E-state index contributed by atoms with van der Waals surface area (Å²) in [5.74, 6) is 0.136. The van der Waals surface area contributed by atoms with Crippen LogP contribution in [0.2, 0.25) is 0 Å². The molecule has 3 heterocycles. The topological polar surface area (TPSA) is 64.3 Å². The number of ether oxygens (including phenoxy) is 1. The van der Waals surface area contributed by atoms with Gasteiger partial charge in [0, 0.05) is 19.2 Å². The number of aliphatic carboxylic acids is 1. The molecular weight excluding hydrogens is 220 g/mol. The van der Waals surface area contributed by atoms with E-state index in [2.05, 4.69) is 4.98 Å². The summed E-state index contributed by atoms with van der Waals surface area (Å²) in [6.45, 7) is 0.787. The van der Waals surface area contributed by atoms with Gasteiger partial charge >= 0.3 is 5.97 Å². The molecule has 0 radical (unpaired) electrons. The Bertz CT molecular complexity index is 435. The molecule has 1 saturated heterocycles. The summed E-state index contributed by atoms with van der Waals surface area (Å²) in [6.07, 6.45) is 6.48. The second-order valence-corrected chi connectivity index (χ2v) is 4.74. The van der Waals surface area contributed by atoms with E-state index in [-0.39, 0.29) is 6.10 Å². The van der Waals surface area contributed by atoms with E-state index in [0.29, 0.717) is 6.42 Å². The second-order valence-electron chi connectivity index (χ2n) is 4.74. The lowest BCUT2D eigenvalue weighted by Crippen LogP contribution is -2.24. The van der Waals surface area contributed by atoms with E-state index in [1.165, 1.54) is 0 Å². The van der Waals surface area contributed by atoms with Gasteiger partial charge in [-0.1, -0.05) is 0 Å². The number of imidazole rings is 1. The molecule has 92 valence electrons. The van der Waals surface area contributed by atoms with Gasteiger partial charge in [0.25, 0.3) is 0 Å². The Morgan fingerprint density at radius 1 is 1.47 bits per heavy atom. The van der Waals surface area contributed by atoms with Gasteiger partial charge in [-0.2, -0.15) is 0 Å². The highest BCUT2D eigenvalue weighted by Gasteiger charge is 2.29. The standard InChI is InChI=1S/C12H16N2O3/c15-12(16)9-3-1-5-11-13-8(7-14(9)11)10-4-2-6-17-10/h7,9-10H,1-6H2,(H,15,16). The highest BCUT2D eigenvalue weighted by molar-refractivity contribution is 5.72. The predicted molar refractivity (Wildman–Crippen MR) is 59.8 cm³/mol. The van der Waals surface area contributed by atoms with Crippen molar-refractivity contribution in [2.75, 3.05) is 6.61 Å². The summed E-state index contributed by atoms with van der Waals surface area (Å²) in [5, 5.41) is 9.18. The zero-order valence-corrected chi connectivity index (χ0v) is 9.63. The number of rotatable bonds is 2. The summed E-state index contributed by atoms with van der Waals surface area (Å²) in [5.41, 5.74) is 0.908. The van der Waals surface area contributed by atoms with Gasteiger partial charge in [-0.15, -0.1) is 0 Å². The Morgan fingerprint density at radius 2 is 2.35 bits per heavy atom. The highest BCUT2D eigenvalue weighted by Crippen LogP contribution is 2.31. The molecule has 5 nitrogen and oxygen atoms in total. The maximum absolute atomic E-state index is 11.2. The van der Waals surface area contributed by atoms with Crippen molar-refractivity contribution < 1.29 is 14.6 Å². The van der Waals surface area contributed by atoms with Crippen LogP contribution in [-0.2, 0) is 16.0 Å². The monoisotopic (exact) mass is 236 g/mol. The molecule has 2 aliphatic heterocycles. The molecule has 3 rings (SSSR count). The molecule has 1 fully saturated rings. The molecule has 0 saturated carbocycles. The molecule has 5 heteroatoms. The largest absolute Gasteiger partial charge is 0.480 e. The number of hydrogen-bond donors (Lipinski definition) is 1. The average Bonchev–Trinajstić information content (AvgIpc) is 2.96. The number of aromatic nitrogens is 2. The molecule has 2 unspecified atom stereocenters. The van der Waals surface area contributed by atoms with Crippen LogP contribution in [-0.4, -0.2) is 27.2 Å². The van der Waals surface area contributed by atoms with Crippen molar-refractivity contribution in [2.24, 2.45) is 0 Å². The minimum Gasteiger partial charge on any atom is -0.480 e. The number of hydrogen-bond acceptors (Lipinski definition) is 3. The molecule has 0 bridgehead atoms.